The molecule has 1 aromatic rings. The molecular formula is C13H21Cl2FN2O. The first-order chi connectivity index (χ1) is 8.22. The van der Waals surface area contributed by atoms with Crippen molar-refractivity contribution in [3.05, 3.63) is 29.6 Å². The molecule has 0 radical (unpaired) electrons. The van der Waals surface area contributed by atoms with Crippen LogP contribution in [0.15, 0.2) is 18.2 Å². The minimum Gasteiger partial charge on any atom is -0.494 e. The Morgan fingerprint density at radius 1 is 1.26 bits per heavy atom. The molecule has 1 saturated heterocycles. The van der Waals surface area contributed by atoms with E-state index in [2.05, 4.69) is 17.1 Å². The molecule has 0 aromatic heterocycles. The summed E-state index contributed by atoms with van der Waals surface area (Å²) in [7, 11) is 1.48. The van der Waals surface area contributed by atoms with Gasteiger partial charge in [-0.15, -0.1) is 24.8 Å². The third-order valence-corrected chi connectivity index (χ3v) is 3.36. The first kappa shape index (κ1) is 18.4. The number of hydrogen-bond donors (Lipinski definition) is 1. The molecule has 6 heteroatoms. The van der Waals surface area contributed by atoms with Crippen LogP contribution in [0.25, 0.3) is 0 Å². The average molecular weight is 311 g/mol. The van der Waals surface area contributed by atoms with Crippen molar-refractivity contribution < 1.29 is 9.13 Å². The van der Waals surface area contributed by atoms with Gasteiger partial charge in [-0.2, -0.15) is 0 Å². The van der Waals surface area contributed by atoms with E-state index in [-0.39, 0.29) is 36.7 Å². The van der Waals surface area contributed by atoms with Crippen LogP contribution in [0.5, 0.6) is 5.75 Å². The number of nitrogens with zero attached hydrogens (tertiary/aromatic N) is 1. The van der Waals surface area contributed by atoms with Gasteiger partial charge in [0.2, 0.25) is 0 Å². The molecule has 0 saturated carbocycles. The number of ether oxygens (including phenoxy) is 1. The van der Waals surface area contributed by atoms with Crippen molar-refractivity contribution in [1.82, 2.24) is 10.2 Å². The lowest BCUT2D eigenvalue weighted by molar-refractivity contribution is 0.185. The summed E-state index contributed by atoms with van der Waals surface area (Å²) in [5, 5.41) is 3.31. The Bertz CT molecular complexity index is 387. The molecule has 1 aliphatic heterocycles. The summed E-state index contributed by atoms with van der Waals surface area (Å²) in [4.78, 5) is 2.36. The molecule has 2 rings (SSSR count). The highest BCUT2D eigenvalue weighted by molar-refractivity contribution is 5.85. The summed E-state index contributed by atoms with van der Waals surface area (Å²) in [6.07, 6.45) is 0. The van der Waals surface area contributed by atoms with Crippen LogP contribution in [0, 0.1) is 5.82 Å². The van der Waals surface area contributed by atoms with E-state index < -0.39 is 0 Å². The van der Waals surface area contributed by atoms with Crippen LogP contribution in [-0.2, 0) is 0 Å². The van der Waals surface area contributed by atoms with Crippen molar-refractivity contribution in [2.75, 3.05) is 33.3 Å². The Morgan fingerprint density at radius 3 is 2.42 bits per heavy atom. The second-order valence-corrected chi connectivity index (χ2v) is 4.36. The predicted octanol–water partition coefficient (Wildman–Crippen LogP) is 2.64. The fourth-order valence-corrected chi connectivity index (χ4v) is 2.22. The molecule has 1 atom stereocenters. The molecule has 0 amide bonds. The quantitative estimate of drug-likeness (QED) is 0.929. The third kappa shape index (κ3) is 4.49. The van der Waals surface area contributed by atoms with Gasteiger partial charge in [0.25, 0.3) is 0 Å². The topological polar surface area (TPSA) is 24.5 Å². The normalized spacial score (nSPS) is 17.0. The van der Waals surface area contributed by atoms with Crippen LogP contribution in [0.2, 0.25) is 0 Å². The lowest BCUT2D eigenvalue weighted by Gasteiger charge is -2.33. The van der Waals surface area contributed by atoms with Gasteiger partial charge in [-0.1, -0.05) is 6.07 Å². The van der Waals surface area contributed by atoms with Gasteiger partial charge in [0.05, 0.1) is 7.11 Å². The molecule has 0 aliphatic carbocycles. The molecule has 19 heavy (non-hydrogen) atoms. The van der Waals surface area contributed by atoms with E-state index in [9.17, 15) is 4.39 Å². The molecule has 1 heterocycles. The van der Waals surface area contributed by atoms with Crippen molar-refractivity contribution in [3.63, 3.8) is 0 Å². The number of methoxy groups -OCH3 is 1. The Balaban J connectivity index is 0.00000162. The van der Waals surface area contributed by atoms with E-state index in [4.69, 9.17) is 4.74 Å². The number of nitrogens with one attached hydrogen (secondary N) is 1. The molecule has 1 aliphatic rings. The summed E-state index contributed by atoms with van der Waals surface area (Å²) in [5.74, 6) is 0.0215. The zero-order valence-corrected chi connectivity index (χ0v) is 12.8. The van der Waals surface area contributed by atoms with Crippen molar-refractivity contribution in [2.45, 2.75) is 13.0 Å². The number of piperazine rings is 1. The highest BCUT2D eigenvalue weighted by Gasteiger charge is 2.18. The summed E-state index contributed by atoms with van der Waals surface area (Å²) in [6.45, 7) is 6.14. The molecule has 3 nitrogen and oxygen atoms in total. The number of halogens is 3. The molecule has 1 fully saturated rings. The number of benzene rings is 1. The van der Waals surface area contributed by atoms with E-state index in [1.165, 1.54) is 7.11 Å². The molecule has 1 N–H and O–H groups in total. The second-order valence-electron chi connectivity index (χ2n) is 4.36. The lowest BCUT2D eigenvalue weighted by atomic mass is 10.1. The van der Waals surface area contributed by atoms with Crippen molar-refractivity contribution >= 4 is 24.8 Å². The van der Waals surface area contributed by atoms with Crippen molar-refractivity contribution in [2.24, 2.45) is 0 Å². The maximum Gasteiger partial charge on any atom is 0.165 e. The van der Waals surface area contributed by atoms with Gasteiger partial charge in [0.1, 0.15) is 0 Å². The predicted molar refractivity (Wildman–Crippen MR) is 80.3 cm³/mol. The van der Waals surface area contributed by atoms with Gasteiger partial charge in [-0.05, 0) is 24.6 Å². The van der Waals surface area contributed by atoms with Gasteiger partial charge in [-0.3, -0.25) is 4.90 Å². The molecule has 0 bridgehead atoms. The van der Waals surface area contributed by atoms with Gasteiger partial charge in [0, 0.05) is 32.2 Å². The van der Waals surface area contributed by atoms with Gasteiger partial charge in [-0.25, -0.2) is 4.39 Å². The number of hydrogen-bond acceptors (Lipinski definition) is 3. The van der Waals surface area contributed by atoms with Crippen LogP contribution >= 0.6 is 24.8 Å². The van der Waals surface area contributed by atoms with E-state index in [1.807, 2.05) is 6.07 Å². The molecule has 0 spiro atoms. The van der Waals surface area contributed by atoms with Crippen LogP contribution < -0.4 is 10.1 Å². The standard InChI is InChI=1S/C13H19FN2O.2ClH/c1-10(16-7-5-15-6-8-16)11-3-4-13(17-2)12(14)9-11;;/h3-4,9-10,15H,5-8H2,1-2H3;2*1H/t10-;;/m0../s1. The first-order valence-corrected chi connectivity index (χ1v) is 6.00. The zero-order chi connectivity index (χ0) is 12.3. The van der Waals surface area contributed by atoms with Crippen LogP contribution in [0.4, 0.5) is 4.39 Å². The van der Waals surface area contributed by atoms with E-state index in [1.54, 1.807) is 12.1 Å². The average Bonchev–Trinajstić information content (AvgIpc) is 2.39. The van der Waals surface area contributed by atoms with Crippen LogP contribution in [-0.4, -0.2) is 38.2 Å². The smallest absolute Gasteiger partial charge is 0.165 e. The van der Waals surface area contributed by atoms with Gasteiger partial charge >= 0.3 is 0 Å². The fraction of sp³-hybridized carbons (Fsp3) is 0.538. The molecule has 1 aromatic carbocycles. The Morgan fingerprint density at radius 2 is 1.89 bits per heavy atom. The molecule has 110 valence electrons. The lowest BCUT2D eigenvalue weighted by Crippen LogP contribution is -2.44. The van der Waals surface area contributed by atoms with Crippen LogP contribution in [0.3, 0.4) is 0 Å². The van der Waals surface area contributed by atoms with E-state index in [0.29, 0.717) is 5.75 Å². The minimum absolute atomic E-state index is 0. The highest BCUT2D eigenvalue weighted by Crippen LogP contribution is 2.25. The summed E-state index contributed by atoms with van der Waals surface area (Å²) >= 11 is 0. The van der Waals surface area contributed by atoms with Gasteiger partial charge < -0.3 is 10.1 Å². The monoisotopic (exact) mass is 310 g/mol. The highest BCUT2D eigenvalue weighted by atomic mass is 35.5. The van der Waals surface area contributed by atoms with E-state index >= 15 is 0 Å². The molecule has 0 unspecified atom stereocenters. The first-order valence-electron chi connectivity index (χ1n) is 6.00. The van der Waals surface area contributed by atoms with Gasteiger partial charge in [0.15, 0.2) is 11.6 Å². The maximum atomic E-state index is 13.6. The van der Waals surface area contributed by atoms with E-state index in [0.717, 1.165) is 31.7 Å². The summed E-state index contributed by atoms with van der Waals surface area (Å²) < 4.78 is 18.5. The second kappa shape index (κ2) is 8.59. The zero-order valence-electron chi connectivity index (χ0n) is 11.2. The minimum atomic E-state index is -0.285. The molecular weight excluding hydrogens is 290 g/mol. The van der Waals surface area contributed by atoms with Crippen molar-refractivity contribution in [1.29, 1.82) is 0 Å². The third-order valence-electron chi connectivity index (χ3n) is 3.36. The Labute approximate surface area is 126 Å². The Hall–Kier alpha value is -0.550. The van der Waals surface area contributed by atoms with Crippen molar-refractivity contribution in [3.8, 4) is 5.75 Å². The summed E-state index contributed by atoms with van der Waals surface area (Å²) in [6, 6.07) is 5.46. The van der Waals surface area contributed by atoms with Crippen LogP contribution in [0.1, 0.15) is 18.5 Å². The number of rotatable bonds is 3. The SMILES string of the molecule is COc1ccc([C@H](C)N2CCNCC2)cc1F.Cl.Cl. The summed E-state index contributed by atoms with van der Waals surface area (Å²) in [5.41, 5.74) is 1.00. The maximum absolute atomic E-state index is 13.6. The fourth-order valence-electron chi connectivity index (χ4n) is 2.22. The Kier molecular flexibility index (Phi) is 8.34. The largest absolute Gasteiger partial charge is 0.494 e.